The fraction of sp³-hybridized carbons (Fsp3) is 0.667. The van der Waals surface area contributed by atoms with Crippen molar-refractivity contribution in [1.29, 1.82) is 0 Å². The average molecular weight is 1080 g/mol. The molecule has 0 radical (unpaired) electrons. The first kappa shape index (κ1) is 72.4. The highest BCUT2D eigenvalue weighted by Crippen LogP contribution is 2.38. The highest BCUT2D eigenvalue weighted by Gasteiger charge is 2.27. The highest BCUT2D eigenvalue weighted by molar-refractivity contribution is 7.45. The largest absolute Gasteiger partial charge is 0.756 e. The van der Waals surface area contributed by atoms with Crippen LogP contribution in [-0.4, -0.2) is 69.4 Å². The van der Waals surface area contributed by atoms with Gasteiger partial charge in [-0.25, -0.2) is 0 Å². The van der Waals surface area contributed by atoms with Crippen LogP contribution in [0.4, 0.5) is 0 Å². The number of rotatable bonds is 53. The van der Waals surface area contributed by atoms with Crippen molar-refractivity contribution in [2.45, 2.75) is 245 Å². The van der Waals surface area contributed by atoms with E-state index in [2.05, 4.69) is 135 Å². The quantitative estimate of drug-likeness (QED) is 0.0161. The molecular formula is C66H113N2O7P. The molecule has 0 aromatic rings. The van der Waals surface area contributed by atoms with Gasteiger partial charge in [-0.1, -0.05) is 239 Å². The number of hydrogen-bond acceptors (Lipinski definition) is 7. The number of allylic oxidation sites excluding steroid dienone is 19. The van der Waals surface area contributed by atoms with Gasteiger partial charge in [0.2, 0.25) is 5.91 Å². The zero-order valence-electron chi connectivity index (χ0n) is 49.4. The minimum atomic E-state index is -4.71. The predicted octanol–water partition coefficient (Wildman–Crippen LogP) is 18.1. The molecule has 0 aromatic carbocycles. The monoisotopic (exact) mass is 1080 g/mol. The van der Waals surface area contributed by atoms with Crippen LogP contribution in [-0.2, 0) is 27.9 Å². The first-order valence-corrected chi connectivity index (χ1v) is 31.8. The lowest BCUT2D eigenvalue weighted by atomic mass is 10.0. The Balaban J connectivity index is 5.33. The van der Waals surface area contributed by atoms with Gasteiger partial charge in [-0.3, -0.25) is 14.2 Å². The smallest absolute Gasteiger partial charge is 0.306 e. The molecule has 0 aromatic heterocycles. The Hall–Kier alpha value is -3.59. The molecule has 76 heavy (non-hydrogen) atoms. The van der Waals surface area contributed by atoms with E-state index in [1.165, 1.54) is 70.6 Å². The van der Waals surface area contributed by atoms with Crippen LogP contribution in [0, 0.1) is 0 Å². The van der Waals surface area contributed by atoms with E-state index in [1.54, 1.807) is 0 Å². The van der Waals surface area contributed by atoms with Gasteiger partial charge in [0.15, 0.2) is 0 Å². The number of likely N-dealkylation sites (N-methyl/N-ethyl adjacent to an activating group) is 1. The number of esters is 1. The van der Waals surface area contributed by atoms with Gasteiger partial charge >= 0.3 is 5.97 Å². The molecule has 0 spiro atoms. The van der Waals surface area contributed by atoms with E-state index >= 15 is 0 Å². The Morgan fingerprint density at radius 2 is 0.908 bits per heavy atom. The van der Waals surface area contributed by atoms with E-state index in [0.717, 1.165) is 116 Å². The van der Waals surface area contributed by atoms with Gasteiger partial charge in [-0.05, 0) is 102 Å². The summed E-state index contributed by atoms with van der Waals surface area (Å²) in [7, 11) is 1.14. The van der Waals surface area contributed by atoms with Crippen LogP contribution < -0.4 is 10.2 Å². The first-order chi connectivity index (χ1) is 36.9. The van der Waals surface area contributed by atoms with E-state index in [9.17, 15) is 19.0 Å². The lowest BCUT2D eigenvalue weighted by molar-refractivity contribution is -0.870. The molecule has 10 heteroatoms. The highest BCUT2D eigenvalue weighted by atomic mass is 31.2. The minimum Gasteiger partial charge on any atom is -0.756 e. The summed E-state index contributed by atoms with van der Waals surface area (Å²) in [6.45, 7) is 6.55. The normalized spacial score (nSPS) is 14.6. The Morgan fingerprint density at radius 1 is 0.487 bits per heavy atom. The molecule has 0 aliphatic heterocycles. The number of quaternary nitrogens is 1. The van der Waals surface area contributed by atoms with E-state index in [1.807, 2.05) is 33.3 Å². The standard InChI is InChI=1S/C66H113N2O7P/c1-7-10-13-16-19-22-25-28-30-31-32-33-34-35-36-37-39-41-44-47-50-53-56-59-66(70)75-64(57-54-51-48-45-42-27-24-21-18-15-12-9-3)63(62-74-76(71,72)73-61-60-68(4,5)6)67-65(69)58-55-52-49-46-43-40-38-29-26-23-20-17-14-11-8-2/h10-11,13-14,17,19-20,22-23,26,28,30,32-33,35-36,39,41,54,57,63-64H,7-9,12,15-16,18,21,24-25,27,29,31,34,37-38,40,42-53,55-56,58-62H2,1-6H3,(H-,67,69,71,72)/b13-10-,14-11+,20-17+,22-19-,26-23+,30-28-,33-32-,36-35-,41-39-,57-54-. The number of unbranched alkanes of at least 4 members (excludes halogenated alkanes) is 21. The molecule has 434 valence electrons. The molecule has 3 atom stereocenters. The molecule has 0 saturated carbocycles. The SMILES string of the molecule is CC/C=C\C/C=C\C/C=C\C/C=C\C/C=C\C/C=C\CCCCCCC(=O)OC(/C=C\CCCCCCCCCCCC)C(COP(=O)([O-])OCC[N+](C)(C)C)NC(=O)CCCCCCCCC/C=C/C=C/C=C/CC. The number of nitrogens with zero attached hydrogens (tertiary/aromatic N) is 1. The van der Waals surface area contributed by atoms with E-state index in [0.29, 0.717) is 30.3 Å². The molecule has 1 N–H and O–H groups in total. The van der Waals surface area contributed by atoms with E-state index in [4.69, 9.17) is 13.8 Å². The van der Waals surface area contributed by atoms with Crippen LogP contribution in [0.2, 0.25) is 0 Å². The third-order valence-corrected chi connectivity index (χ3v) is 13.7. The van der Waals surface area contributed by atoms with Crippen molar-refractivity contribution in [2.75, 3.05) is 40.9 Å². The number of carbonyl (C=O) groups excluding carboxylic acids is 2. The summed E-state index contributed by atoms with van der Waals surface area (Å²) in [5.41, 5.74) is 0. The number of phosphoric acid groups is 1. The fourth-order valence-corrected chi connectivity index (χ4v) is 8.78. The van der Waals surface area contributed by atoms with Crippen molar-refractivity contribution in [2.24, 2.45) is 0 Å². The van der Waals surface area contributed by atoms with E-state index < -0.39 is 26.6 Å². The first-order valence-electron chi connectivity index (χ1n) is 30.4. The summed E-state index contributed by atoms with van der Waals surface area (Å²) in [6, 6.07) is -0.913. The molecule has 9 nitrogen and oxygen atoms in total. The zero-order chi connectivity index (χ0) is 55.7. The van der Waals surface area contributed by atoms with Crippen LogP contribution in [0.1, 0.15) is 233 Å². The number of nitrogens with one attached hydrogen (secondary N) is 1. The lowest BCUT2D eigenvalue weighted by Crippen LogP contribution is -2.47. The lowest BCUT2D eigenvalue weighted by Gasteiger charge is -2.30. The number of ether oxygens (including phenoxy) is 1. The number of hydrogen-bond donors (Lipinski definition) is 1. The van der Waals surface area contributed by atoms with Crippen LogP contribution in [0.5, 0.6) is 0 Å². The summed E-state index contributed by atoms with van der Waals surface area (Å²) in [5, 5.41) is 3.01. The summed E-state index contributed by atoms with van der Waals surface area (Å²) < 4.78 is 30.3. The number of carbonyl (C=O) groups is 2. The van der Waals surface area contributed by atoms with Crippen molar-refractivity contribution in [3.8, 4) is 0 Å². The van der Waals surface area contributed by atoms with Gasteiger partial charge in [-0.2, -0.15) is 0 Å². The van der Waals surface area contributed by atoms with E-state index in [-0.39, 0.29) is 24.9 Å². The molecule has 0 heterocycles. The molecule has 1 amide bonds. The van der Waals surface area contributed by atoms with Gasteiger partial charge in [0, 0.05) is 12.8 Å². The Morgan fingerprint density at radius 3 is 1.41 bits per heavy atom. The van der Waals surface area contributed by atoms with Gasteiger partial charge in [0.05, 0.1) is 33.8 Å². The zero-order valence-corrected chi connectivity index (χ0v) is 50.3. The van der Waals surface area contributed by atoms with Gasteiger partial charge < -0.3 is 28.5 Å². The Bertz CT molecular complexity index is 1720. The third-order valence-electron chi connectivity index (χ3n) is 12.7. The Kier molecular flexibility index (Phi) is 52.2. The maximum Gasteiger partial charge on any atom is 0.306 e. The maximum atomic E-state index is 13.5. The van der Waals surface area contributed by atoms with Crippen molar-refractivity contribution in [1.82, 2.24) is 5.32 Å². The van der Waals surface area contributed by atoms with Crippen molar-refractivity contribution < 1.29 is 37.3 Å². The third kappa shape index (κ3) is 55.2. The number of amides is 1. The second-order valence-corrected chi connectivity index (χ2v) is 22.6. The average Bonchev–Trinajstić information content (AvgIpc) is 3.38. The van der Waals surface area contributed by atoms with Crippen LogP contribution in [0.3, 0.4) is 0 Å². The summed E-state index contributed by atoms with van der Waals surface area (Å²) in [6.07, 6.45) is 75.9. The molecule has 0 fully saturated rings. The second kappa shape index (κ2) is 54.8. The molecule has 0 aliphatic carbocycles. The van der Waals surface area contributed by atoms with Crippen LogP contribution in [0.25, 0.3) is 0 Å². The summed E-state index contributed by atoms with van der Waals surface area (Å²) in [5.74, 6) is -0.593. The van der Waals surface area contributed by atoms with Crippen LogP contribution >= 0.6 is 7.82 Å². The summed E-state index contributed by atoms with van der Waals surface area (Å²) >= 11 is 0. The molecule has 0 saturated heterocycles. The predicted molar refractivity (Wildman–Crippen MR) is 325 cm³/mol. The van der Waals surface area contributed by atoms with Gasteiger partial charge in [-0.15, -0.1) is 0 Å². The summed E-state index contributed by atoms with van der Waals surface area (Å²) in [4.78, 5) is 39.9. The van der Waals surface area contributed by atoms with Gasteiger partial charge in [0.1, 0.15) is 19.3 Å². The molecular weight excluding hydrogens is 964 g/mol. The second-order valence-electron chi connectivity index (χ2n) is 21.1. The van der Waals surface area contributed by atoms with Crippen molar-refractivity contribution >= 4 is 19.7 Å². The van der Waals surface area contributed by atoms with Crippen LogP contribution in [0.15, 0.2) is 122 Å². The molecule has 0 bridgehead atoms. The Labute approximate surface area is 467 Å². The van der Waals surface area contributed by atoms with Gasteiger partial charge in [0.25, 0.3) is 7.82 Å². The number of phosphoric ester groups is 1. The molecule has 0 rings (SSSR count). The minimum absolute atomic E-state index is 0.0360. The molecule has 0 aliphatic rings. The topological polar surface area (TPSA) is 114 Å². The van der Waals surface area contributed by atoms with Crippen molar-refractivity contribution in [3.05, 3.63) is 122 Å². The molecule has 3 unspecified atom stereocenters. The van der Waals surface area contributed by atoms with Crippen molar-refractivity contribution in [3.63, 3.8) is 0 Å². The maximum absolute atomic E-state index is 13.5. The fourth-order valence-electron chi connectivity index (χ4n) is 8.05.